The van der Waals surface area contributed by atoms with E-state index < -0.39 is 0 Å². The van der Waals surface area contributed by atoms with Crippen LogP contribution >= 0.6 is 12.4 Å². The predicted molar refractivity (Wildman–Crippen MR) is 88.9 cm³/mol. The minimum Gasteiger partial charge on any atom is -0.340 e. The number of nitrogens with one attached hydrogen (secondary N) is 1. The molecule has 0 bridgehead atoms. The summed E-state index contributed by atoms with van der Waals surface area (Å²) >= 11 is 0. The van der Waals surface area contributed by atoms with Crippen molar-refractivity contribution in [1.82, 2.24) is 10.2 Å². The van der Waals surface area contributed by atoms with Crippen LogP contribution in [0.5, 0.6) is 0 Å². The molecule has 0 saturated carbocycles. The van der Waals surface area contributed by atoms with E-state index in [1.165, 1.54) is 10.8 Å². The normalized spacial score (nSPS) is 18.3. The Morgan fingerprint density at radius 2 is 2.00 bits per heavy atom. The third-order valence-corrected chi connectivity index (χ3v) is 3.89. The third-order valence-electron chi connectivity index (χ3n) is 3.89. The number of hydrogen-bond donors (Lipinski definition) is 1. The third kappa shape index (κ3) is 3.74. The van der Waals surface area contributed by atoms with Crippen LogP contribution in [-0.2, 0) is 11.2 Å². The Hall–Kier alpha value is -1.58. The fraction of sp³-hybridized carbons (Fsp3) is 0.353. The maximum atomic E-state index is 12.3. The van der Waals surface area contributed by atoms with E-state index in [0.29, 0.717) is 12.5 Å². The molecule has 2 aromatic rings. The molecule has 1 atom stereocenters. The zero-order valence-corrected chi connectivity index (χ0v) is 13.0. The number of benzene rings is 2. The molecule has 0 radical (unpaired) electrons. The number of fused-ring (bicyclic) bond motifs is 1. The van der Waals surface area contributed by atoms with Gasteiger partial charge in [0.25, 0.3) is 0 Å². The Labute approximate surface area is 131 Å². The highest BCUT2D eigenvalue weighted by Crippen LogP contribution is 2.16. The van der Waals surface area contributed by atoms with Gasteiger partial charge in [-0.05, 0) is 23.3 Å². The largest absolute Gasteiger partial charge is 0.340 e. The van der Waals surface area contributed by atoms with Crippen molar-refractivity contribution in [3.63, 3.8) is 0 Å². The van der Waals surface area contributed by atoms with Gasteiger partial charge in [-0.1, -0.05) is 42.5 Å². The Morgan fingerprint density at radius 1 is 1.24 bits per heavy atom. The Bertz CT molecular complexity index is 629. The highest BCUT2D eigenvalue weighted by atomic mass is 35.5. The van der Waals surface area contributed by atoms with Crippen molar-refractivity contribution in [3.8, 4) is 0 Å². The lowest BCUT2D eigenvalue weighted by Gasteiger charge is -2.32. The second-order valence-corrected chi connectivity index (χ2v) is 5.55. The summed E-state index contributed by atoms with van der Waals surface area (Å²) in [5.41, 5.74) is 1.10. The molecule has 1 saturated heterocycles. The van der Waals surface area contributed by atoms with Crippen LogP contribution in [0.3, 0.4) is 0 Å². The van der Waals surface area contributed by atoms with Crippen molar-refractivity contribution >= 4 is 29.1 Å². The fourth-order valence-corrected chi connectivity index (χ4v) is 2.79. The van der Waals surface area contributed by atoms with E-state index >= 15 is 0 Å². The maximum absolute atomic E-state index is 12.3. The lowest BCUT2D eigenvalue weighted by atomic mass is 10.0. The molecule has 1 fully saturated rings. The Kier molecular flexibility index (Phi) is 5.21. The fourth-order valence-electron chi connectivity index (χ4n) is 2.79. The summed E-state index contributed by atoms with van der Waals surface area (Å²) in [7, 11) is 0. The maximum Gasteiger partial charge on any atom is 0.227 e. The van der Waals surface area contributed by atoms with Crippen molar-refractivity contribution in [3.05, 3.63) is 48.0 Å². The summed E-state index contributed by atoms with van der Waals surface area (Å²) < 4.78 is 0. The van der Waals surface area contributed by atoms with Crippen LogP contribution in [-0.4, -0.2) is 36.5 Å². The second-order valence-electron chi connectivity index (χ2n) is 5.55. The molecule has 3 nitrogen and oxygen atoms in total. The molecule has 112 valence electrons. The van der Waals surface area contributed by atoms with Gasteiger partial charge in [0.05, 0.1) is 6.42 Å². The monoisotopic (exact) mass is 304 g/mol. The van der Waals surface area contributed by atoms with Gasteiger partial charge in [0.1, 0.15) is 0 Å². The van der Waals surface area contributed by atoms with E-state index in [4.69, 9.17) is 0 Å². The standard InChI is InChI=1S/C17H20N2O.ClH/c1-13-12-19(9-8-18-13)17(20)11-14-6-7-15-4-2-3-5-16(15)10-14;/h2-7,10,13,18H,8-9,11-12H2,1H3;1H/t13-;/m0./s1. The van der Waals surface area contributed by atoms with E-state index in [1.807, 2.05) is 17.0 Å². The van der Waals surface area contributed by atoms with Crippen LogP contribution in [0.25, 0.3) is 10.8 Å². The van der Waals surface area contributed by atoms with E-state index in [0.717, 1.165) is 25.2 Å². The topological polar surface area (TPSA) is 32.3 Å². The molecule has 1 heterocycles. The van der Waals surface area contributed by atoms with Gasteiger partial charge in [-0.25, -0.2) is 0 Å². The van der Waals surface area contributed by atoms with Crippen LogP contribution in [0.2, 0.25) is 0 Å². The summed E-state index contributed by atoms with van der Waals surface area (Å²) in [6, 6.07) is 14.9. The SMILES string of the molecule is C[C@H]1CN(C(=O)Cc2ccc3ccccc3c2)CCN1.Cl. The minimum absolute atomic E-state index is 0. The van der Waals surface area contributed by atoms with Gasteiger partial charge in [-0.2, -0.15) is 0 Å². The number of carbonyl (C=O) groups excluding carboxylic acids is 1. The summed E-state index contributed by atoms with van der Waals surface area (Å²) in [6.07, 6.45) is 0.498. The van der Waals surface area contributed by atoms with Gasteiger partial charge in [-0.15, -0.1) is 12.4 Å². The van der Waals surface area contributed by atoms with Gasteiger partial charge >= 0.3 is 0 Å². The number of carbonyl (C=O) groups is 1. The molecule has 1 aliphatic heterocycles. The predicted octanol–water partition coefficient (Wildman–Crippen LogP) is 2.62. The van der Waals surface area contributed by atoms with Gasteiger partial charge in [0.15, 0.2) is 0 Å². The van der Waals surface area contributed by atoms with Crippen molar-refractivity contribution < 1.29 is 4.79 Å². The molecule has 21 heavy (non-hydrogen) atoms. The van der Waals surface area contributed by atoms with E-state index in [-0.39, 0.29) is 18.3 Å². The zero-order chi connectivity index (χ0) is 13.9. The molecular formula is C17H21ClN2O. The molecule has 4 heteroatoms. The first-order chi connectivity index (χ1) is 9.72. The van der Waals surface area contributed by atoms with Gasteiger partial charge < -0.3 is 10.2 Å². The molecule has 1 N–H and O–H groups in total. The Balaban J connectivity index is 0.00000161. The van der Waals surface area contributed by atoms with Gasteiger partial charge in [0.2, 0.25) is 5.91 Å². The van der Waals surface area contributed by atoms with Crippen LogP contribution in [0.1, 0.15) is 12.5 Å². The van der Waals surface area contributed by atoms with Gasteiger partial charge in [0, 0.05) is 25.7 Å². The molecule has 3 rings (SSSR count). The van der Waals surface area contributed by atoms with E-state index in [2.05, 4.69) is 42.6 Å². The molecule has 0 aliphatic carbocycles. The smallest absolute Gasteiger partial charge is 0.227 e. The minimum atomic E-state index is 0. The molecule has 2 aromatic carbocycles. The van der Waals surface area contributed by atoms with Crippen molar-refractivity contribution in [2.24, 2.45) is 0 Å². The van der Waals surface area contributed by atoms with Gasteiger partial charge in [-0.3, -0.25) is 4.79 Å². The molecule has 0 aromatic heterocycles. The number of piperazine rings is 1. The average Bonchev–Trinajstić information content (AvgIpc) is 2.47. The number of amides is 1. The summed E-state index contributed by atoms with van der Waals surface area (Å²) in [5, 5.41) is 5.78. The molecule has 0 unspecified atom stereocenters. The number of halogens is 1. The summed E-state index contributed by atoms with van der Waals surface area (Å²) in [6.45, 7) is 4.64. The van der Waals surface area contributed by atoms with Crippen LogP contribution in [0.15, 0.2) is 42.5 Å². The number of hydrogen-bond acceptors (Lipinski definition) is 2. The summed E-state index contributed by atoms with van der Waals surface area (Å²) in [5.74, 6) is 0.230. The molecule has 0 spiro atoms. The zero-order valence-electron chi connectivity index (χ0n) is 12.2. The van der Waals surface area contributed by atoms with Crippen LogP contribution < -0.4 is 5.32 Å². The second kappa shape index (κ2) is 6.92. The van der Waals surface area contributed by atoms with Crippen molar-refractivity contribution in [2.45, 2.75) is 19.4 Å². The van der Waals surface area contributed by atoms with E-state index in [9.17, 15) is 4.79 Å². The van der Waals surface area contributed by atoms with E-state index in [1.54, 1.807) is 0 Å². The first-order valence-corrected chi connectivity index (χ1v) is 7.21. The lowest BCUT2D eigenvalue weighted by Crippen LogP contribution is -2.51. The number of rotatable bonds is 2. The highest BCUT2D eigenvalue weighted by Gasteiger charge is 2.20. The summed E-state index contributed by atoms with van der Waals surface area (Å²) in [4.78, 5) is 14.3. The first-order valence-electron chi connectivity index (χ1n) is 7.21. The van der Waals surface area contributed by atoms with Crippen molar-refractivity contribution in [1.29, 1.82) is 0 Å². The lowest BCUT2D eigenvalue weighted by molar-refractivity contribution is -0.131. The van der Waals surface area contributed by atoms with Crippen molar-refractivity contribution in [2.75, 3.05) is 19.6 Å². The molecular weight excluding hydrogens is 284 g/mol. The quantitative estimate of drug-likeness (QED) is 0.925. The average molecular weight is 305 g/mol. The molecule has 1 amide bonds. The van der Waals surface area contributed by atoms with Crippen LogP contribution in [0, 0.1) is 0 Å². The Morgan fingerprint density at radius 3 is 2.76 bits per heavy atom. The first kappa shape index (κ1) is 15.8. The van der Waals surface area contributed by atoms with Crippen LogP contribution in [0.4, 0.5) is 0 Å². The highest BCUT2D eigenvalue weighted by molar-refractivity contribution is 5.86. The number of nitrogens with zero attached hydrogens (tertiary/aromatic N) is 1. The molecule has 1 aliphatic rings.